The number of rotatable bonds is 3. The van der Waals surface area contributed by atoms with Crippen molar-refractivity contribution in [2.75, 3.05) is 5.32 Å². The smallest absolute Gasteiger partial charge is 0.475 e. The predicted octanol–water partition coefficient (Wildman–Crippen LogP) is 5.08. The fourth-order valence-electron chi connectivity index (χ4n) is 2.70. The molecule has 7 nitrogen and oxygen atoms in total. The minimum Gasteiger partial charge on any atom is -0.475 e. The fourth-order valence-corrected chi connectivity index (χ4v) is 2.70. The van der Waals surface area contributed by atoms with Gasteiger partial charge in [0.25, 0.3) is 5.91 Å². The number of carbonyl (C=O) groups is 2. The van der Waals surface area contributed by atoms with Crippen LogP contribution in [0, 0.1) is 6.92 Å². The SMILES string of the molecule is Cc1ccc(-c2cc(C(=O)Nc3cccnc3)c3ccccc3n2)o1.O=C(O)C(F)(F)F. The molecule has 1 amide bonds. The van der Waals surface area contributed by atoms with E-state index < -0.39 is 12.1 Å². The van der Waals surface area contributed by atoms with Crippen LogP contribution in [0.3, 0.4) is 0 Å². The van der Waals surface area contributed by atoms with Gasteiger partial charge in [-0.05, 0) is 43.3 Å². The van der Waals surface area contributed by atoms with Crippen LogP contribution in [0.5, 0.6) is 0 Å². The molecule has 0 bridgehead atoms. The van der Waals surface area contributed by atoms with E-state index in [1.54, 1.807) is 30.6 Å². The van der Waals surface area contributed by atoms with Gasteiger partial charge in [-0.1, -0.05) is 18.2 Å². The van der Waals surface area contributed by atoms with Crippen LogP contribution in [-0.4, -0.2) is 33.1 Å². The Morgan fingerprint density at radius 3 is 2.38 bits per heavy atom. The molecule has 2 N–H and O–H groups in total. The van der Waals surface area contributed by atoms with Crippen molar-refractivity contribution in [2.24, 2.45) is 0 Å². The van der Waals surface area contributed by atoms with Gasteiger partial charge in [-0.25, -0.2) is 9.78 Å². The number of anilines is 1. The number of nitrogens with zero attached hydrogens (tertiary/aromatic N) is 2. The number of carbonyl (C=O) groups excluding carboxylic acids is 1. The Hall–Kier alpha value is -4.21. The number of aliphatic carboxylic acids is 1. The lowest BCUT2D eigenvalue weighted by Crippen LogP contribution is -2.21. The van der Waals surface area contributed by atoms with Crippen molar-refractivity contribution < 1.29 is 32.3 Å². The number of amides is 1. The Kier molecular flexibility index (Phi) is 6.53. The zero-order valence-electron chi connectivity index (χ0n) is 16.6. The van der Waals surface area contributed by atoms with E-state index in [1.807, 2.05) is 43.3 Å². The molecule has 0 aliphatic carbocycles. The maximum absolute atomic E-state index is 12.8. The number of hydrogen-bond donors (Lipinski definition) is 2. The van der Waals surface area contributed by atoms with E-state index in [1.165, 1.54) is 0 Å². The maximum Gasteiger partial charge on any atom is 0.490 e. The first-order valence-corrected chi connectivity index (χ1v) is 9.13. The average molecular weight is 443 g/mol. The van der Waals surface area contributed by atoms with Gasteiger partial charge in [-0.3, -0.25) is 9.78 Å². The zero-order chi connectivity index (χ0) is 23.3. The number of aryl methyl sites for hydroxylation is 1. The number of para-hydroxylation sites is 1. The summed E-state index contributed by atoms with van der Waals surface area (Å²) < 4.78 is 37.4. The van der Waals surface area contributed by atoms with Crippen LogP contribution >= 0.6 is 0 Å². The molecule has 3 aromatic heterocycles. The maximum atomic E-state index is 12.8. The van der Waals surface area contributed by atoms with Crippen LogP contribution in [0.15, 0.2) is 71.4 Å². The summed E-state index contributed by atoms with van der Waals surface area (Å²) in [7, 11) is 0. The normalized spacial score (nSPS) is 10.9. The first kappa shape index (κ1) is 22.5. The molecule has 0 atom stereocenters. The topological polar surface area (TPSA) is 105 Å². The van der Waals surface area contributed by atoms with Gasteiger partial charge < -0.3 is 14.8 Å². The van der Waals surface area contributed by atoms with Crippen LogP contribution in [0.4, 0.5) is 18.9 Å². The van der Waals surface area contributed by atoms with Crippen molar-refractivity contribution in [3.05, 3.63) is 78.3 Å². The van der Waals surface area contributed by atoms with E-state index in [0.717, 1.165) is 16.7 Å². The van der Waals surface area contributed by atoms with E-state index in [4.69, 9.17) is 14.3 Å². The van der Waals surface area contributed by atoms with Crippen molar-refractivity contribution in [1.82, 2.24) is 9.97 Å². The molecule has 10 heteroatoms. The van der Waals surface area contributed by atoms with Gasteiger partial charge in [0, 0.05) is 11.6 Å². The van der Waals surface area contributed by atoms with E-state index in [2.05, 4.69) is 15.3 Å². The minimum atomic E-state index is -5.08. The molecule has 4 rings (SSSR count). The highest BCUT2D eigenvalue weighted by atomic mass is 19.4. The summed E-state index contributed by atoms with van der Waals surface area (Å²) >= 11 is 0. The molecular formula is C22H16F3N3O4. The Balaban J connectivity index is 0.000000360. The second kappa shape index (κ2) is 9.29. The minimum absolute atomic E-state index is 0.212. The number of pyridine rings is 2. The lowest BCUT2D eigenvalue weighted by Gasteiger charge is -2.09. The molecule has 32 heavy (non-hydrogen) atoms. The van der Waals surface area contributed by atoms with E-state index in [9.17, 15) is 18.0 Å². The summed E-state index contributed by atoms with van der Waals surface area (Å²) in [5.41, 5.74) is 2.55. The molecule has 3 heterocycles. The third-order valence-electron chi connectivity index (χ3n) is 4.12. The predicted molar refractivity (Wildman–Crippen MR) is 110 cm³/mol. The molecular weight excluding hydrogens is 427 g/mol. The number of hydrogen-bond acceptors (Lipinski definition) is 5. The van der Waals surface area contributed by atoms with Crippen molar-refractivity contribution in [1.29, 1.82) is 0 Å². The number of nitrogens with one attached hydrogen (secondary N) is 1. The third-order valence-corrected chi connectivity index (χ3v) is 4.12. The molecule has 0 aliphatic heterocycles. The van der Waals surface area contributed by atoms with E-state index in [0.29, 0.717) is 22.7 Å². The lowest BCUT2D eigenvalue weighted by atomic mass is 10.1. The largest absolute Gasteiger partial charge is 0.490 e. The molecule has 4 aromatic rings. The van der Waals surface area contributed by atoms with Crippen LogP contribution in [0.1, 0.15) is 16.1 Å². The monoisotopic (exact) mass is 443 g/mol. The summed E-state index contributed by atoms with van der Waals surface area (Å²) in [6.07, 6.45) is -1.81. The summed E-state index contributed by atoms with van der Waals surface area (Å²) in [5.74, 6) is -1.53. The highest BCUT2D eigenvalue weighted by molar-refractivity contribution is 6.13. The van der Waals surface area contributed by atoms with Gasteiger partial charge in [0.05, 0.1) is 23.0 Å². The molecule has 164 valence electrons. The van der Waals surface area contributed by atoms with Crippen LogP contribution in [-0.2, 0) is 4.79 Å². The quantitative estimate of drug-likeness (QED) is 0.457. The molecule has 0 spiro atoms. The number of alkyl halides is 3. The summed E-state index contributed by atoms with van der Waals surface area (Å²) in [6, 6.07) is 16.6. The van der Waals surface area contributed by atoms with Gasteiger partial charge in [0.1, 0.15) is 11.5 Å². The Labute approximate surface area is 179 Å². The number of fused-ring (bicyclic) bond motifs is 1. The van der Waals surface area contributed by atoms with Crippen LogP contribution in [0.2, 0.25) is 0 Å². The number of carboxylic acid groups (broad SMARTS) is 1. The van der Waals surface area contributed by atoms with Crippen LogP contribution < -0.4 is 5.32 Å². The van der Waals surface area contributed by atoms with Crippen molar-refractivity contribution in [3.63, 3.8) is 0 Å². The molecule has 0 fully saturated rings. The highest BCUT2D eigenvalue weighted by Crippen LogP contribution is 2.26. The molecule has 1 aromatic carbocycles. The van der Waals surface area contributed by atoms with E-state index >= 15 is 0 Å². The lowest BCUT2D eigenvalue weighted by molar-refractivity contribution is -0.192. The van der Waals surface area contributed by atoms with E-state index in [-0.39, 0.29) is 5.91 Å². The van der Waals surface area contributed by atoms with Crippen molar-refractivity contribution in [2.45, 2.75) is 13.1 Å². The standard InChI is InChI=1S/C20H15N3O2.C2HF3O2/c1-13-8-9-19(25-13)18-11-16(15-6-2-3-7-17(15)23-18)20(24)22-14-5-4-10-21-12-14;3-2(4,5)1(6)7/h2-12H,1H3,(H,22,24);(H,6,7). The second-order valence-electron chi connectivity index (χ2n) is 6.48. The first-order chi connectivity index (χ1) is 15.1. The van der Waals surface area contributed by atoms with Gasteiger partial charge in [0.2, 0.25) is 0 Å². The van der Waals surface area contributed by atoms with Gasteiger partial charge in [-0.2, -0.15) is 13.2 Å². The summed E-state index contributed by atoms with van der Waals surface area (Å²) in [4.78, 5) is 30.4. The molecule has 0 radical (unpaired) electrons. The second-order valence-corrected chi connectivity index (χ2v) is 6.48. The van der Waals surface area contributed by atoms with Crippen LogP contribution in [0.25, 0.3) is 22.4 Å². The van der Waals surface area contributed by atoms with Gasteiger partial charge in [0.15, 0.2) is 5.76 Å². The number of halogens is 3. The third kappa shape index (κ3) is 5.48. The molecule has 0 saturated heterocycles. The number of furan rings is 1. The molecule has 0 saturated carbocycles. The first-order valence-electron chi connectivity index (χ1n) is 9.13. The molecule has 0 unspecified atom stereocenters. The Morgan fingerprint density at radius 1 is 1.06 bits per heavy atom. The number of benzene rings is 1. The van der Waals surface area contributed by atoms with Crippen molar-refractivity contribution in [3.8, 4) is 11.5 Å². The zero-order valence-corrected chi connectivity index (χ0v) is 16.6. The Bertz CT molecular complexity index is 1250. The number of carboxylic acids is 1. The summed E-state index contributed by atoms with van der Waals surface area (Å²) in [6.45, 7) is 1.88. The molecule has 0 aliphatic rings. The fraction of sp³-hybridized carbons (Fsp3) is 0.0909. The van der Waals surface area contributed by atoms with Crippen molar-refractivity contribution >= 4 is 28.5 Å². The average Bonchev–Trinajstić information content (AvgIpc) is 3.20. The number of aromatic nitrogens is 2. The highest BCUT2D eigenvalue weighted by Gasteiger charge is 2.38. The van der Waals surface area contributed by atoms with Gasteiger partial charge in [-0.15, -0.1) is 0 Å². The summed E-state index contributed by atoms with van der Waals surface area (Å²) in [5, 5.41) is 10.8. The van der Waals surface area contributed by atoms with Gasteiger partial charge >= 0.3 is 12.1 Å². The Morgan fingerprint density at radius 2 is 1.78 bits per heavy atom.